The van der Waals surface area contributed by atoms with Gasteiger partial charge in [-0.2, -0.15) is 5.26 Å². The maximum Gasteiger partial charge on any atom is 0.0638 e. The fourth-order valence-electron chi connectivity index (χ4n) is 0.755. The second-order valence-electron chi connectivity index (χ2n) is 2.28. The maximum absolute atomic E-state index is 8.40. The molecule has 0 aromatic carbocycles. The van der Waals surface area contributed by atoms with Gasteiger partial charge in [-0.25, -0.2) is 0 Å². The fraction of sp³-hybridized carbons (Fsp3) is 0.667. The van der Waals surface area contributed by atoms with Crippen LogP contribution in [0, 0.1) is 23.2 Å². The van der Waals surface area contributed by atoms with E-state index in [-0.39, 0.29) is 0 Å². The lowest BCUT2D eigenvalue weighted by molar-refractivity contribution is 0.538. The van der Waals surface area contributed by atoms with Crippen molar-refractivity contribution in [1.82, 2.24) is 5.32 Å². The lowest BCUT2D eigenvalue weighted by atomic mass is 10.2. The second kappa shape index (κ2) is 7.12. The molecule has 1 atom stereocenters. The summed E-state index contributed by atoms with van der Waals surface area (Å²) in [6.45, 7) is 4.57. The van der Waals surface area contributed by atoms with E-state index in [2.05, 4.69) is 30.2 Å². The molecule has 0 bridgehead atoms. The summed E-state index contributed by atoms with van der Waals surface area (Å²) in [7, 11) is 0. The molecule has 11 heavy (non-hydrogen) atoms. The van der Waals surface area contributed by atoms with Crippen molar-refractivity contribution in [2.24, 2.45) is 0 Å². The SMILES string of the molecule is CC#CCNC(CC)CC#N. The number of nitrogens with zero attached hydrogens (tertiary/aromatic N) is 1. The summed E-state index contributed by atoms with van der Waals surface area (Å²) >= 11 is 0. The van der Waals surface area contributed by atoms with E-state index in [1.165, 1.54) is 0 Å². The van der Waals surface area contributed by atoms with Gasteiger partial charge in [-0.05, 0) is 13.3 Å². The molecule has 0 spiro atoms. The smallest absolute Gasteiger partial charge is 0.0638 e. The van der Waals surface area contributed by atoms with Gasteiger partial charge in [-0.3, -0.25) is 0 Å². The zero-order chi connectivity index (χ0) is 8.53. The molecule has 0 aliphatic rings. The molecule has 0 aliphatic carbocycles. The van der Waals surface area contributed by atoms with Crippen molar-refractivity contribution < 1.29 is 0 Å². The van der Waals surface area contributed by atoms with Crippen LogP contribution in [-0.2, 0) is 0 Å². The first-order valence-corrected chi connectivity index (χ1v) is 3.85. The van der Waals surface area contributed by atoms with Crippen LogP contribution in [0.2, 0.25) is 0 Å². The van der Waals surface area contributed by atoms with E-state index in [1.807, 2.05) is 6.92 Å². The molecule has 0 saturated carbocycles. The molecule has 60 valence electrons. The molecule has 0 saturated heterocycles. The highest BCUT2D eigenvalue weighted by Crippen LogP contribution is 1.94. The molecular weight excluding hydrogens is 136 g/mol. The minimum Gasteiger partial charge on any atom is -0.302 e. The van der Waals surface area contributed by atoms with Crippen molar-refractivity contribution in [2.45, 2.75) is 32.7 Å². The van der Waals surface area contributed by atoms with Gasteiger partial charge >= 0.3 is 0 Å². The first kappa shape index (κ1) is 10.0. The topological polar surface area (TPSA) is 35.8 Å². The predicted molar refractivity (Wildman–Crippen MR) is 45.8 cm³/mol. The van der Waals surface area contributed by atoms with Gasteiger partial charge in [0.25, 0.3) is 0 Å². The quantitative estimate of drug-likeness (QED) is 0.613. The third-order valence-corrected chi connectivity index (χ3v) is 1.49. The van der Waals surface area contributed by atoms with E-state index >= 15 is 0 Å². The number of hydrogen-bond donors (Lipinski definition) is 1. The largest absolute Gasteiger partial charge is 0.302 e. The Bertz CT molecular complexity index is 180. The van der Waals surface area contributed by atoms with E-state index in [1.54, 1.807) is 0 Å². The molecular formula is C9H14N2. The number of hydrogen-bond acceptors (Lipinski definition) is 2. The monoisotopic (exact) mass is 150 g/mol. The standard InChI is InChI=1S/C9H14N2/c1-3-5-8-11-9(4-2)6-7-10/h9,11H,4,6,8H2,1-2H3. The van der Waals surface area contributed by atoms with Crippen molar-refractivity contribution in [3.8, 4) is 17.9 Å². The Morgan fingerprint density at radius 2 is 2.27 bits per heavy atom. The zero-order valence-electron chi connectivity index (χ0n) is 7.15. The number of nitriles is 1. The Kier molecular flexibility index (Phi) is 6.48. The Labute approximate surface area is 68.6 Å². The van der Waals surface area contributed by atoms with Crippen LogP contribution in [0.25, 0.3) is 0 Å². The average Bonchev–Trinajstić information content (AvgIpc) is 2.03. The summed E-state index contributed by atoms with van der Waals surface area (Å²) in [5.74, 6) is 5.69. The Morgan fingerprint density at radius 1 is 1.55 bits per heavy atom. The Morgan fingerprint density at radius 3 is 2.73 bits per heavy atom. The van der Waals surface area contributed by atoms with Crippen LogP contribution in [0.15, 0.2) is 0 Å². The summed E-state index contributed by atoms with van der Waals surface area (Å²) in [5.41, 5.74) is 0. The van der Waals surface area contributed by atoms with Gasteiger partial charge in [-0.1, -0.05) is 12.8 Å². The van der Waals surface area contributed by atoms with Gasteiger partial charge in [-0.15, -0.1) is 5.92 Å². The fourth-order valence-corrected chi connectivity index (χ4v) is 0.755. The predicted octanol–water partition coefficient (Wildman–Crippen LogP) is 1.29. The van der Waals surface area contributed by atoms with Gasteiger partial charge < -0.3 is 5.32 Å². The van der Waals surface area contributed by atoms with Crippen LogP contribution in [-0.4, -0.2) is 12.6 Å². The van der Waals surface area contributed by atoms with Gasteiger partial charge in [0.1, 0.15) is 0 Å². The van der Waals surface area contributed by atoms with Crippen molar-refractivity contribution in [1.29, 1.82) is 5.26 Å². The highest BCUT2D eigenvalue weighted by Gasteiger charge is 2.01. The van der Waals surface area contributed by atoms with E-state index in [9.17, 15) is 0 Å². The highest BCUT2D eigenvalue weighted by atomic mass is 14.9. The van der Waals surface area contributed by atoms with Gasteiger partial charge in [0, 0.05) is 6.04 Å². The Hall–Kier alpha value is -0.990. The van der Waals surface area contributed by atoms with E-state index in [0.29, 0.717) is 19.0 Å². The molecule has 0 radical (unpaired) electrons. The van der Waals surface area contributed by atoms with Crippen LogP contribution in [0.4, 0.5) is 0 Å². The zero-order valence-corrected chi connectivity index (χ0v) is 7.15. The molecule has 0 rings (SSSR count). The molecule has 0 aliphatic heterocycles. The molecule has 0 amide bonds. The van der Waals surface area contributed by atoms with Crippen LogP contribution < -0.4 is 5.32 Å². The average molecular weight is 150 g/mol. The maximum atomic E-state index is 8.40. The summed E-state index contributed by atoms with van der Waals surface area (Å²) in [6.07, 6.45) is 1.56. The van der Waals surface area contributed by atoms with Gasteiger partial charge in [0.05, 0.1) is 19.0 Å². The van der Waals surface area contributed by atoms with Crippen LogP contribution in [0.1, 0.15) is 26.7 Å². The van der Waals surface area contributed by atoms with E-state index in [4.69, 9.17) is 5.26 Å². The minimum absolute atomic E-state index is 0.306. The van der Waals surface area contributed by atoms with Crippen LogP contribution in [0.3, 0.4) is 0 Å². The molecule has 2 nitrogen and oxygen atoms in total. The van der Waals surface area contributed by atoms with Crippen molar-refractivity contribution in [2.75, 3.05) is 6.54 Å². The first-order chi connectivity index (χ1) is 5.35. The van der Waals surface area contributed by atoms with Crippen molar-refractivity contribution >= 4 is 0 Å². The third kappa shape index (κ3) is 5.45. The number of nitrogens with one attached hydrogen (secondary N) is 1. The molecule has 1 unspecified atom stereocenters. The molecule has 0 fully saturated rings. The molecule has 0 aromatic heterocycles. The summed E-state index contributed by atoms with van der Waals surface area (Å²) in [4.78, 5) is 0. The third-order valence-electron chi connectivity index (χ3n) is 1.49. The van der Waals surface area contributed by atoms with Gasteiger partial charge in [0.15, 0.2) is 0 Å². The van der Waals surface area contributed by atoms with Crippen molar-refractivity contribution in [3.05, 3.63) is 0 Å². The summed E-state index contributed by atoms with van der Waals surface area (Å²) in [6, 6.07) is 2.44. The second-order valence-corrected chi connectivity index (χ2v) is 2.28. The molecule has 1 N–H and O–H groups in total. The first-order valence-electron chi connectivity index (χ1n) is 3.85. The lowest BCUT2D eigenvalue weighted by Crippen LogP contribution is -2.28. The lowest BCUT2D eigenvalue weighted by Gasteiger charge is -2.09. The minimum atomic E-state index is 0.306. The van der Waals surface area contributed by atoms with E-state index in [0.717, 1.165) is 6.42 Å². The van der Waals surface area contributed by atoms with Crippen LogP contribution >= 0.6 is 0 Å². The van der Waals surface area contributed by atoms with Gasteiger partial charge in [0.2, 0.25) is 0 Å². The Balaban J connectivity index is 3.50. The molecule has 0 aromatic rings. The normalized spacial score (nSPS) is 11.0. The number of rotatable bonds is 4. The van der Waals surface area contributed by atoms with Crippen LogP contribution in [0.5, 0.6) is 0 Å². The molecule has 2 heteroatoms. The molecule has 0 heterocycles. The van der Waals surface area contributed by atoms with E-state index < -0.39 is 0 Å². The highest BCUT2D eigenvalue weighted by molar-refractivity contribution is 4.98. The summed E-state index contributed by atoms with van der Waals surface area (Å²) < 4.78 is 0. The summed E-state index contributed by atoms with van der Waals surface area (Å²) in [5, 5.41) is 11.6. The van der Waals surface area contributed by atoms with Crippen molar-refractivity contribution in [3.63, 3.8) is 0 Å².